The predicted octanol–water partition coefficient (Wildman–Crippen LogP) is 2.71. The van der Waals surface area contributed by atoms with Crippen molar-refractivity contribution in [1.29, 1.82) is 0 Å². The van der Waals surface area contributed by atoms with Crippen LogP contribution in [0.4, 0.5) is 15.8 Å². The molecule has 0 atom stereocenters. The normalized spacial score (nSPS) is 17.0. The first kappa shape index (κ1) is 12.8. The van der Waals surface area contributed by atoms with E-state index in [1.165, 1.54) is 12.1 Å². The molecule has 1 N–H and O–H groups in total. The number of rotatable bonds is 5. The Morgan fingerprint density at radius 2 is 2.22 bits per heavy atom. The zero-order chi connectivity index (χ0) is 13.2. The van der Waals surface area contributed by atoms with Gasteiger partial charge in [0.05, 0.1) is 16.6 Å². The molecular weight excluding hydrogens is 239 g/mol. The van der Waals surface area contributed by atoms with Crippen molar-refractivity contribution >= 4 is 11.4 Å². The third-order valence-corrected chi connectivity index (χ3v) is 3.41. The number of ether oxygens (including phenoxy) is 1. The minimum absolute atomic E-state index is 0.207. The molecule has 1 aromatic rings. The van der Waals surface area contributed by atoms with E-state index in [0.29, 0.717) is 12.2 Å². The second kappa shape index (κ2) is 4.89. The summed E-state index contributed by atoms with van der Waals surface area (Å²) in [5.41, 5.74) is -0.0521. The van der Waals surface area contributed by atoms with Crippen molar-refractivity contribution in [3.05, 3.63) is 34.1 Å². The second-order valence-electron chi connectivity index (χ2n) is 4.55. The number of nitrogens with zero attached hydrogens (tertiary/aromatic N) is 1. The zero-order valence-electron chi connectivity index (χ0n) is 10.1. The molecule has 0 amide bonds. The smallest absolute Gasteiger partial charge is 0.274 e. The number of non-ortho nitro benzene ring substituents is 1. The number of nitrogens with one attached hydrogen (secondary N) is 1. The van der Waals surface area contributed by atoms with E-state index in [2.05, 4.69) is 5.32 Å². The Morgan fingerprint density at radius 1 is 1.50 bits per heavy atom. The summed E-state index contributed by atoms with van der Waals surface area (Å²) >= 11 is 0. The summed E-state index contributed by atoms with van der Waals surface area (Å²) in [6, 6.07) is 3.47. The average Bonchev–Trinajstić information content (AvgIpc) is 2.27. The summed E-state index contributed by atoms with van der Waals surface area (Å²) in [5.74, 6) is -0.619. The van der Waals surface area contributed by atoms with Crippen molar-refractivity contribution in [2.24, 2.45) is 0 Å². The van der Waals surface area contributed by atoms with Crippen molar-refractivity contribution in [2.75, 3.05) is 19.0 Å². The standard InChI is InChI=1S/C12H15FN2O3/c1-18-12(3-2-4-12)8-14-10-5-9(13)6-11(7-10)15(16)17/h5-7,14H,2-4,8H2,1H3. The molecule has 5 nitrogen and oxygen atoms in total. The molecule has 98 valence electrons. The van der Waals surface area contributed by atoms with Crippen LogP contribution >= 0.6 is 0 Å². The Labute approximate surface area is 104 Å². The highest BCUT2D eigenvalue weighted by Gasteiger charge is 2.36. The second-order valence-corrected chi connectivity index (χ2v) is 4.55. The lowest BCUT2D eigenvalue weighted by Gasteiger charge is -2.40. The van der Waals surface area contributed by atoms with Gasteiger partial charge in [-0.15, -0.1) is 0 Å². The lowest BCUT2D eigenvalue weighted by Crippen LogP contribution is -2.45. The topological polar surface area (TPSA) is 64.4 Å². The summed E-state index contributed by atoms with van der Waals surface area (Å²) in [6.45, 7) is 0.532. The predicted molar refractivity (Wildman–Crippen MR) is 65.1 cm³/mol. The van der Waals surface area contributed by atoms with Crippen LogP contribution in [0.15, 0.2) is 18.2 Å². The van der Waals surface area contributed by atoms with Gasteiger partial charge in [0, 0.05) is 25.4 Å². The molecule has 0 heterocycles. The maximum absolute atomic E-state index is 13.2. The van der Waals surface area contributed by atoms with Gasteiger partial charge in [-0.2, -0.15) is 0 Å². The van der Waals surface area contributed by atoms with Gasteiger partial charge >= 0.3 is 0 Å². The molecule has 0 saturated heterocycles. The summed E-state index contributed by atoms with van der Waals surface area (Å²) < 4.78 is 18.6. The largest absolute Gasteiger partial charge is 0.382 e. The Hall–Kier alpha value is -1.69. The highest BCUT2D eigenvalue weighted by atomic mass is 19.1. The molecule has 1 aromatic carbocycles. The van der Waals surface area contributed by atoms with E-state index in [1.54, 1.807) is 7.11 Å². The Bertz CT molecular complexity index is 455. The number of hydrogen-bond acceptors (Lipinski definition) is 4. The zero-order valence-corrected chi connectivity index (χ0v) is 10.1. The van der Waals surface area contributed by atoms with Gasteiger partial charge in [0.15, 0.2) is 0 Å². The average molecular weight is 254 g/mol. The third-order valence-electron chi connectivity index (χ3n) is 3.41. The number of nitro groups is 1. The first-order valence-corrected chi connectivity index (χ1v) is 5.79. The number of methoxy groups -OCH3 is 1. The van der Waals surface area contributed by atoms with E-state index in [4.69, 9.17) is 4.74 Å². The van der Waals surface area contributed by atoms with Crippen molar-refractivity contribution in [3.8, 4) is 0 Å². The van der Waals surface area contributed by atoms with Crippen LogP contribution in [-0.2, 0) is 4.74 Å². The van der Waals surface area contributed by atoms with Gasteiger partial charge in [-0.3, -0.25) is 10.1 Å². The molecule has 1 aliphatic carbocycles. The Balaban J connectivity index is 2.07. The van der Waals surface area contributed by atoms with Crippen LogP contribution in [0.1, 0.15) is 19.3 Å². The van der Waals surface area contributed by atoms with Gasteiger partial charge in [0.25, 0.3) is 5.69 Å². The molecule has 0 spiro atoms. The molecule has 0 unspecified atom stereocenters. The van der Waals surface area contributed by atoms with Gasteiger partial charge < -0.3 is 10.1 Å². The van der Waals surface area contributed by atoms with Crippen LogP contribution in [0.5, 0.6) is 0 Å². The van der Waals surface area contributed by atoms with Crippen molar-refractivity contribution in [3.63, 3.8) is 0 Å². The Morgan fingerprint density at radius 3 is 2.72 bits per heavy atom. The summed E-state index contributed by atoms with van der Waals surface area (Å²) in [6.07, 6.45) is 3.01. The van der Waals surface area contributed by atoms with Crippen molar-refractivity contribution < 1.29 is 14.1 Å². The number of halogens is 1. The first-order chi connectivity index (χ1) is 8.54. The van der Waals surface area contributed by atoms with Gasteiger partial charge in [0.1, 0.15) is 5.82 Å². The van der Waals surface area contributed by atoms with E-state index >= 15 is 0 Å². The fraction of sp³-hybridized carbons (Fsp3) is 0.500. The van der Waals surface area contributed by atoms with Crippen molar-refractivity contribution in [1.82, 2.24) is 0 Å². The lowest BCUT2D eigenvalue weighted by molar-refractivity contribution is -0.385. The first-order valence-electron chi connectivity index (χ1n) is 5.79. The number of benzene rings is 1. The molecule has 0 radical (unpaired) electrons. The van der Waals surface area contributed by atoms with Crippen LogP contribution in [0, 0.1) is 15.9 Å². The van der Waals surface area contributed by atoms with Gasteiger partial charge in [0.2, 0.25) is 0 Å². The highest BCUT2D eigenvalue weighted by Crippen LogP contribution is 2.35. The van der Waals surface area contributed by atoms with E-state index in [-0.39, 0.29) is 11.3 Å². The van der Waals surface area contributed by atoms with Crippen LogP contribution in [-0.4, -0.2) is 24.2 Å². The summed E-state index contributed by atoms with van der Waals surface area (Å²) in [4.78, 5) is 10.0. The van der Waals surface area contributed by atoms with E-state index in [1.807, 2.05) is 0 Å². The number of hydrogen-bond donors (Lipinski definition) is 1. The molecule has 0 aromatic heterocycles. The van der Waals surface area contributed by atoms with Gasteiger partial charge in [-0.05, 0) is 25.3 Å². The minimum Gasteiger partial charge on any atom is -0.382 e. The highest BCUT2D eigenvalue weighted by molar-refractivity contribution is 5.51. The quantitative estimate of drug-likeness (QED) is 0.648. The number of nitro benzene ring substituents is 1. The molecule has 2 rings (SSSR count). The monoisotopic (exact) mass is 254 g/mol. The lowest BCUT2D eigenvalue weighted by atomic mass is 9.80. The Kier molecular flexibility index (Phi) is 3.47. The van der Waals surface area contributed by atoms with Crippen LogP contribution in [0.3, 0.4) is 0 Å². The summed E-state index contributed by atoms with van der Waals surface area (Å²) in [7, 11) is 1.65. The van der Waals surface area contributed by atoms with Gasteiger partial charge in [-0.1, -0.05) is 0 Å². The van der Waals surface area contributed by atoms with Crippen LogP contribution in [0.2, 0.25) is 0 Å². The summed E-state index contributed by atoms with van der Waals surface area (Å²) in [5, 5.41) is 13.6. The van der Waals surface area contributed by atoms with Gasteiger partial charge in [-0.25, -0.2) is 4.39 Å². The van der Waals surface area contributed by atoms with E-state index in [9.17, 15) is 14.5 Å². The van der Waals surface area contributed by atoms with Crippen LogP contribution in [0.25, 0.3) is 0 Å². The molecule has 6 heteroatoms. The maximum Gasteiger partial charge on any atom is 0.274 e. The van der Waals surface area contributed by atoms with E-state index in [0.717, 1.165) is 25.3 Å². The number of anilines is 1. The molecule has 0 aliphatic heterocycles. The minimum atomic E-state index is -0.619. The van der Waals surface area contributed by atoms with Crippen molar-refractivity contribution in [2.45, 2.75) is 24.9 Å². The molecule has 1 saturated carbocycles. The fourth-order valence-electron chi connectivity index (χ4n) is 2.07. The molecule has 18 heavy (non-hydrogen) atoms. The SMILES string of the molecule is COC1(CNc2cc(F)cc([N+](=O)[O-])c2)CCC1. The van der Waals surface area contributed by atoms with Crippen LogP contribution < -0.4 is 5.32 Å². The molecule has 0 bridgehead atoms. The molecule has 1 fully saturated rings. The third kappa shape index (κ3) is 2.59. The molecular formula is C12H15FN2O3. The van der Waals surface area contributed by atoms with E-state index < -0.39 is 10.7 Å². The fourth-order valence-corrected chi connectivity index (χ4v) is 2.07. The maximum atomic E-state index is 13.2. The molecule has 1 aliphatic rings.